The molecule has 1 fully saturated rings. The van der Waals surface area contributed by atoms with E-state index < -0.39 is 0 Å². The minimum atomic E-state index is 0.0551. The van der Waals surface area contributed by atoms with Crippen LogP contribution in [0.4, 0.5) is 5.69 Å². The fraction of sp³-hybridized carbons (Fsp3) is 0.520. The monoisotopic (exact) mass is 408 g/mol. The van der Waals surface area contributed by atoms with E-state index in [0.29, 0.717) is 12.5 Å². The topological polar surface area (TPSA) is 62.6 Å². The van der Waals surface area contributed by atoms with E-state index in [-0.39, 0.29) is 17.7 Å². The number of furan rings is 1. The molecule has 5 nitrogen and oxygen atoms in total. The third kappa shape index (κ3) is 4.61. The van der Waals surface area contributed by atoms with Crippen LogP contribution >= 0.6 is 0 Å². The maximum absolute atomic E-state index is 12.6. The van der Waals surface area contributed by atoms with Crippen LogP contribution < -0.4 is 5.32 Å². The standard InChI is InChI=1S/C25H32N2O3/c1-3-5-7-17(4-2)24(28)26-21-9-6-8-19(14-21)23-15-20-16-27(13-12-22(20)30-23)25(29)18-10-11-18/h6,8-9,14-15,17-18H,3-5,7,10-13,16H2,1-2H3,(H,26,28)/t17-/m0/s1. The lowest BCUT2D eigenvalue weighted by molar-refractivity contribution is -0.133. The summed E-state index contributed by atoms with van der Waals surface area (Å²) in [5.41, 5.74) is 2.85. The van der Waals surface area contributed by atoms with Crippen LogP contribution in [0.15, 0.2) is 34.7 Å². The number of amides is 2. The first kappa shape index (κ1) is 20.7. The van der Waals surface area contributed by atoms with E-state index in [1.165, 1.54) is 0 Å². The molecule has 1 atom stereocenters. The third-order valence-electron chi connectivity index (χ3n) is 6.29. The summed E-state index contributed by atoms with van der Waals surface area (Å²) >= 11 is 0. The van der Waals surface area contributed by atoms with Gasteiger partial charge in [0, 0.05) is 48.2 Å². The van der Waals surface area contributed by atoms with Crippen LogP contribution in [-0.4, -0.2) is 23.3 Å². The summed E-state index contributed by atoms with van der Waals surface area (Å²) in [6.07, 6.45) is 6.80. The molecule has 0 bridgehead atoms. The van der Waals surface area contributed by atoms with Gasteiger partial charge in [0.15, 0.2) is 0 Å². The van der Waals surface area contributed by atoms with Gasteiger partial charge < -0.3 is 14.6 Å². The Morgan fingerprint density at radius 2 is 2.07 bits per heavy atom. The van der Waals surface area contributed by atoms with Gasteiger partial charge in [0.2, 0.25) is 11.8 Å². The van der Waals surface area contributed by atoms with Gasteiger partial charge in [0.25, 0.3) is 0 Å². The van der Waals surface area contributed by atoms with Crippen molar-refractivity contribution in [3.63, 3.8) is 0 Å². The van der Waals surface area contributed by atoms with E-state index >= 15 is 0 Å². The Morgan fingerprint density at radius 3 is 2.80 bits per heavy atom. The molecule has 1 aliphatic carbocycles. The first-order valence-corrected chi connectivity index (χ1v) is 11.4. The Labute approximate surface area is 178 Å². The minimum Gasteiger partial charge on any atom is -0.461 e. The molecule has 30 heavy (non-hydrogen) atoms. The van der Waals surface area contributed by atoms with E-state index in [9.17, 15) is 9.59 Å². The van der Waals surface area contributed by atoms with Crippen LogP contribution in [0.1, 0.15) is 63.7 Å². The minimum absolute atomic E-state index is 0.0551. The van der Waals surface area contributed by atoms with Crippen molar-refractivity contribution in [1.82, 2.24) is 4.90 Å². The van der Waals surface area contributed by atoms with Crippen molar-refractivity contribution in [2.24, 2.45) is 11.8 Å². The first-order valence-electron chi connectivity index (χ1n) is 11.4. The van der Waals surface area contributed by atoms with Gasteiger partial charge >= 0.3 is 0 Å². The molecule has 1 aliphatic heterocycles. The van der Waals surface area contributed by atoms with Crippen LogP contribution in [0, 0.1) is 11.8 Å². The molecule has 0 saturated heterocycles. The SMILES string of the molecule is CCCC[C@H](CC)C(=O)Nc1cccc(-c2cc3c(o2)CCN(C(=O)C2CC2)C3)c1. The number of carbonyl (C=O) groups is 2. The van der Waals surface area contributed by atoms with Crippen LogP contribution in [0.3, 0.4) is 0 Å². The molecule has 1 aromatic carbocycles. The molecule has 0 unspecified atom stereocenters. The maximum Gasteiger partial charge on any atom is 0.227 e. The number of fused-ring (bicyclic) bond motifs is 1. The zero-order valence-corrected chi connectivity index (χ0v) is 18.1. The lowest BCUT2D eigenvalue weighted by Crippen LogP contribution is -2.36. The van der Waals surface area contributed by atoms with Crippen molar-refractivity contribution in [1.29, 1.82) is 0 Å². The molecule has 2 heterocycles. The van der Waals surface area contributed by atoms with Crippen LogP contribution in [0.25, 0.3) is 11.3 Å². The second kappa shape index (κ2) is 9.07. The Morgan fingerprint density at radius 1 is 1.23 bits per heavy atom. The quantitative estimate of drug-likeness (QED) is 0.636. The van der Waals surface area contributed by atoms with E-state index in [4.69, 9.17) is 4.42 Å². The molecule has 0 spiro atoms. The summed E-state index contributed by atoms with van der Waals surface area (Å²) in [6.45, 7) is 5.60. The van der Waals surface area contributed by atoms with E-state index in [0.717, 1.165) is 79.8 Å². The number of unbranched alkanes of at least 4 members (excludes halogenated alkanes) is 1. The number of carbonyl (C=O) groups excluding carboxylic acids is 2. The highest BCUT2D eigenvalue weighted by Gasteiger charge is 2.35. The van der Waals surface area contributed by atoms with Crippen molar-refractivity contribution in [3.8, 4) is 11.3 Å². The third-order valence-corrected chi connectivity index (χ3v) is 6.29. The summed E-state index contributed by atoms with van der Waals surface area (Å²) < 4.78 is 6.13. The van der Waals surface area contributed by atoms with Gasteiger partial charge in [-0.1, -0.05) is 38.8 Å². The number of nitrogens with one attached hydrogen (secondary N) is 1. The largest absolute Gasteiger partial charge is 0.461 e. The molecule has 1 N–H and O–H groups in total. The lowest BCUT2D eigenvalue weighted by Gasteiger charge is -2.26. The highest BCUT2D eigenvalue weighted by molar-refractivity contribution is 5.93. The van der Waals surface area contributed by atoms with Crippen molar-refractivity contribution in [2.45, 2.75) is 65.3 Å². The second-order valence-corrected chi connectivity index (χ2v) is 8.66. The highest BCUT2D eigenvalue weighted by Crippen LogP contribution is 2.35. The summed E-state index contributed by atoms with van der Waals surface area (Å²) in [7, 11) is 0. The Kier molecular flexibility index (Phi) is 6.26. The maximum atomic E-state index is 12.6. The van der Waals surface area contributed by atoms with Crippen molar-refractivity contribution in [2.75, 3.05) is 11.9 Å². The average Bonchev–Trinajstić information content (AvgIpc) is 3.52. The number of benzene rings is 1. The predicted octanol–water partition coefficient (Wildman–Crippen LogP) is 5.40. The number of rotatable bonds is 8. The summed E-state index contributed by atoms with van der Waals surface area (Å²) in [5.74, 6) is 2.47. The van der Waals surface area contributed by atoms with Crippen LogP contribution in [0.2, 0.25) is 0 Å². The van der Waals surface area contributed by atoms with Crippen molar-refractivity contribution >= 4 is 17.5 Å². The second-order valence-electron chi connectivity index (χ2n) is 8.66. The summed E-state index contributed by atoms with van der Waals surface area (Å²) in [5, 5.41) is 3.08. The van der Waals surface area contributed by atoms with Gasteiger partial charge in [-0.2, -0.15) is 0 Å². The fourth-order valence-corrected chi connectivity index (χ4v) is 4.22. The highest BCUT2D eigenvalue weighted by atomic mass is 16.3. The molecule has 5 heteroatoms. The smallest absolute Gasteiger partial charge is 0.227 e. The lowest BCUT2D eigenvalue weighted by atomic mass is 9.98. The molecule has 4 rings (SSSR count). The molecule has 1 aromatic heterocycles. The molecule has 1 saturated carbocycles. The first-order chi connectivity index (χ1) is 14.6. The van der Waals surface area contributed by atoms with Gasteiger partial charge in [0.05, 0.1) is 0 Å². The number of hydrogen-bond donors (Lipinski definition) is 1. The molecule has 0 radical (unpaired) electrons. The Hall–Kier alpha value is -2.56. The van der Waals surface area contributed by atoms with Crippen LogP contribution in [0.5, 0.6) is 0 Å². The van der Waals surface area contributed by atoms with Gasteiger partial charge in [0.1, 0.15) is 11.5 Å². The zero-order chi connectivity index (χ0) is 21.1. The summed E-state index contributed by atoms with van der Waals surface area (Å²) in [6, 6.07) is 9.90. The van der Waals surface area contributed by atoms with Crippen molar-refractivity contribution in [3.05, 3.63) is 41.7 Å². The molecule has 2 amide bonds. The van der Waals surface area contributed by atoms with E-state index in [1.54, 1.807) is 0 Å². The Balaban J connectivity index is 1.45. The molecular weight excluding hydrogens is 376 g/mol. The number of hydrogen-bond acceptors (Lipinski definition) is 3. The van der Waals surface area contributed by atoms with Crippen LogP contribution in [-0.2, 0) is 22.6 Å². The number of nitrogens with zero attached hydrogens (tertiary/aromatic N) is 1. The van der Waals surface area contributed by atoms with Crippen molar-refractivity contribution < 1.29 is 14.0 Å². The van der Waals surface area contributed by atoms with E-state index in [1.807, 2.05) is 29.2 Å². The van der Waals surface area contributed by atoms with Gasteiger partial charge in [-0.3, -0.25) is 9.59 Å². The molecule has 2 aliphatic rings. The zero-order valence-electron chi connectivity index (χ0n) is 18.1. The van der Waals surface area contributed by atoms with E-state index in [2.05, 4.69) is 25.2 Å². The molecular formula is C25H32N2O3. The molecule has 160 valence electrons. The number of anilines is 1. The fourth-order valence-electron chi connectivity index (χ4n) is 4.22. The Bertz CT molecular complexity index is 913. The molecule has 2 aromatic rings. The normalized spacial score (nSPS) is 16.8. The summed E-state index contributed by atoms with van der Waals surface area (Å²) in [4.78, 5) is 27.0. The van der Waals surface area contributed by atoms with Gasteiger partial charge in [-0.05, 0) is 43.9 Å². The predicted molar refractivity (Wildman–Crippen MR) is 118 cm³/mol. The average molecular weight is 409 g/mol. The van der Waals surface area contributed by atoms with Gasteiger partial charge in [-0.25, -0.2) is 0 Å². The van der Waals surface area contributed by atoms with Gasteiger partial charge in [-0.15, -0.1) is 0 Å².